The molecule has 0 spiro atoms. The van der Waals surface area contributed by atoms with Crippen molar-refractivity contribution >= 4 is 12.0 Å². The Kier molecular flexibility index (Phi) is 5.40. The normalized spacial score (nSPS) is 24.9. The highest BCUT2D eigenvalue weighted by Crippen LogP contribution is 2.24. The summed E-state index contributed by atoms with van der Waals surface area (Å²) in [4.78, 5) is 24.5. The number of ether oxygens (including phenoxy) is 1. The molecule has 0 aromatic carbocycles. The summed E-state index contributed by atoms with van der Waals surface area (Å²) in [6, 6.07) is -0.416. The standard InChI is InChI=1S/C12H22N2O4/c1-8(5-7-18-3)13-12(17)14-6-4-10(9(14)2)11(15)16/h8-10H,4-7H2,1-3H3,(H,13,17)(H,15,16). The molecule has 1 rings (SSSR count). The predicted molar refractivity (Wildman–Crippen MR) is 66.4 cm³/mol. The molecule has 0 aliphatic carbocycles. The Morgan fingerprint density at radius 1 is 1.56 bits per heavy atom. The Bertz CT molecular complexity index is 308. The van der Waals surface area contributed by atoms with Crippen LogP contribution < -0.4 is 5.32 Å². The molecular formula is C12H22N2O4. The average molecular weight is 258 g/mol. The number of aliphatic carboxylic acids is 1. The lowest BCUT2D eigenvalue weighted by Gasteiger charge is -2.25. The largest absolute Gasteiger partial charge is 0.481 e. The van der Waals surface area contributed by atoms with E-state index in [1.807, 2.05) is 6.92 Å². The highest BCUT2D eigenvalue weighted by molar-refractivity contribution is 5.78. The summed E-state index contributed by atoms with van der Waals surface area (Å²) in [5.41, 5.74) is 0. The van der Waals surface area contributed by atoms with Gasteiger partial charge in [-0.25, -0.2) is 4.79 Å². The van der Waals surface area contributed by atoms with Crippen molar-refractivity contribution in [3.8, 4) is 0 Å². The van der Waals surface area contributed by atoms with Crippen LogP contribution in [0.2, 0.25) is 0 Å². The van der Waals surface area contributed by atoms with Gasteiger partial charge in [-0.15, -0.1) is 0 Å². The second-order valence-electron chi connectivity index (χ2n) is 4.80. The van der Waals surface area contributed by atoms with Gasteiger partial charge in [0.25, 0.3) is 0 Å². The van der Waals surface area contributed by atoms with Crippen molar-refractivity contribution in [1.29, 1.82) is 0 Å². The predicted octanol–water partition coefficient (Wildman–Crippen LogP) is 0.916. The molecule has 0 aromatic heterocycles. The highest BCUT2D eigenvalue weighted by atomic mass is 16.5. The van der Waals surface area contributed by atoms with Gasteiger partial charge >= 0.3 is 12.0 Å². The third-order valence-corrected chi connectivity index (χ3v) is 3.46. The zero-order valence-corrected chi connectivity index (χ0v) is 11.2. The number of rotatable bonds is 5. The second kappa shape index (κ2) is 6.58. The molecule has 0 radical (unpaired) electrons. The van der Waals surface area contributed by atoms with Crippen LogP contribution in [0.5, 0.6) is 0 Å². The minimum absolute atomic E-state index is 0.0218. The van der Waals surface area contributed by atoms with E-state index >= 15 is 0 Å². The van der Waals surface area contributed by atoms with Gasteiger partial charge in [0.05, 0.1) is 5.92 Å². The fourth-order valence-corrected chi connectivity index (χ4v) is 2.22. The molecule has 6 nitrogen and oxygen atoms in total. The van der Waals surface area contributed by atoms with E-state index in [9.17, 15) is 9.59 Å². The van der Waals surface area contributed by atoms with Crippen molar-refractivity contribution in [3.63, 3.8) is 0 Å². The molecule has 1 fully saturated rings. The van der Waals surface area contributed by atoms with Gasteiger partial charge in [0, 0.05) is 32.3 Å². The Hall–Kier alpha value is -1.30. The lowest BCUT2D eigenvalue weighted by molar-refractivity contribution is -0.142. The van der Waals surface area contributed by atoms with Gasteiger partial charge in [-0.05, 0) is 26.7 Å². The molecule has 0 bridgehead atoms. The maximum absolute atomic E-state index is 12.0. The van der Waals surface area contributed by atoms with Crippen molar-refractivity contribution in [2.45, 2.75) is 38.8 Å². The van der Waals surface area contributed by atoms with E-state index in [4.69, 9.17) is 9.84 Å². The average Bonchev–Trinajstić information content (AvgIpc) is 2.68. The molecule has 3 unspecified atom stereocenters. The van der Waals surface area contributed by atoms with Gasteiger partial charge in [0.1, 0.15) is 0 Å². The number of carboxylic acids is 1. The zero-order chi connectivity index (χ0) is 13.7. The summed E-state index contributed by atoms with van der Waals surface area (Å²) in [5, 5.41) is 11.9. The van der Waals surface area contributed by atoms with Crippen molar-refractivity contribution in [3.05, 3.63) is 0 Å². The SMILES string of the molecule is COCCC(C)NC(=O)N1CCC(C(=O)O)C1C. The lowest BCUT2D eigenvalue weighted by atomic mass is 10.0. The number of carbonyl (C=O) groups is 2. The van der Waals surface area contributed by atoms with Crippen molar-refractivity contribution in [2.24, 2.45) is 5.92 Å². The van der Waals surface area contributed by atoms with Crippen LogP contribution in [-0.2, 0) is 9.53 Å². The third kappa shape index (κ3) is 3.60. The Labute approximate surface area is 107 Å². The molecule has 2 N–H and O–H groups in total. The fraction of sp³-hybridized carbons (Fsp3) is 0.833. The van der Waals surface area contributed by atoms with E-state index in [0.29, 0.717) is 19.6 Å². The number of nitrogens with zero attached hydrogens (tertiary/aromatic N) is 1. The first-order valence-corrected chi connectivity index (χ1v) is 6.26. The van der Waals surface area contributed by atoms with E-state index < -0.39 is 11.9 Å². The molecular weight excluding hydrogens is 236 g/mol. The van der Waals surface area contributed by atoms with E-state index in [0.717, 1.165) is 6.42 Å². The number of nitrogens with one attached hydrogen (secondary N) is 1. The van der Waals surface area contributed by atoms with Crippen molar-refractivity contribution < 1.29 is 19.4 Å². The van der Waals surface area contributed by atoms with Gasteiger partial charge in [0.2, 0.25) is 0 Å². The van der Waals surface area contributed by atoms with E-state index in [-0.39, 0.29) is 18.1 Å². The first-order chi connectivity index (χ1) is 8.47. The molecule has 1 heterocycles. The van der Waals surface area contributed by atoms with Gasteiger partial charge < -0.3 is 20.1 Å². The second-order valence-corrected chi connectivity index (χ2v) is 4.80. The molecule has 0 saturated carbocycles. The number of hydrogen-bond donors (Lipinski definition) is 2. The van der Waals surface area contributed by atoms with E-state index in [2.05, 4.69) is 5.32 Å². The molecule has 0 aromatic rings. The maximum Gasteiger partial charge on any atom is 0.317 e. The van der Waals surface area contributed by atoms with Gasteiger partial charge in [-0.2, -0.15) is 0 Å². The quantitative estimate of drug-likeness (QED) is 0.768. The van der Waals surface area contributed by atoms with Crippen LogP contribution in [0.3, 0.4) is 0 Å². The molecule has 1 aliphatic heterocycles. The smallest absolute Gasteiger partial charge is 0.317 e. The van der Waals surface area contributed by atoms with Gasteiger partial charge in [-0.1, -0.05) is 0 Å². The van der Waals surface area contributed by atoms with Crippen LogP contribution in [0, 0.1) is 5.92 Å². The summed E-state index contributed by atoms with van der Waals surface area (Å²) < 4.78 is 4.95. The molecule has 18 heavy (non-hydrogen) atoms. The third-order valence-electron chi connectivity index (χ3n) is 3.46. The lowest BCUT2D eigenvalue weighted by Crippen LogP contribution is -2.46. The minimum atomic E-state index is -0.828. The monoisotopic (exact) mass is 258 g/mol. The first kappa shape index (κ1) is 14.8. The molecule has 3 atom stereocenters. The number of carboxylic acid groups (broad SMARTS) is 1. The van der Waals surface area contributed by atoms with Gasteiger partial charge in [-0.3, -0.25) is 4.79 Å². The Morgan fingerprint density at radius 3 is 2.72 bits per heavy atom. The summed E-state index contributed by atoms with van der Waals surface area (Å²) >= 11 is 0. The maximum atomic E-state index is 12.0. The van der Waals surface area contributed by atoms with Crippen LogP contribution >= 0.6 is 0 Å². The molecule has 2 amide bonds. The topological polar surface area (TPSA) is 78.9 Å². The Morgan fingerprint density at radius 2 is 2.22 bits per heavy atom. The first-order valence-electron chi connectivity index (χ1n) is 6.26. The number of urea groups is 1. The highest BCUT2D eigenvalue weighted by Gasteiger charge is 2.38. The van der Waals surface area contributed by atoms with Gasteiger partial charge in [0.15, 0.2) is 0 Å². The Balaban J connectivity index is 2.45. The molecule has 6 heteroatoms. The van der Waals surface area contributed by atoms with Crippen LogP contribution in [-0.4, -0.2) is 54.4 Å². The molecule has 1 aliphatic rings. The van der Waals surface area contributed by atoms with Crippen LogP contribution in [0.4, 0.5) is 4.79 Å². The molecule has 1 saturated heterocycles. The van der Waals surface area contributed by atoms with Crippen molar-refractivity contribution in [1.82, 2.24) is 10.2 Å². The number of methoxy groups -OCH3 is 1. The zero-order valence-electron chi connectivity index (χ0n) is 11.2. The molecule has 104 valence electrons. The van der Waals surface area contributed by atoms with E-state index in [1.165, 1.54) is 0 Å². The summed E-state index contributed by atoms with van der Waals surface area (Å²) in [5.74, 6) is -1.28. The minimum Gasteiger partial charge on any atom is -0.481 e. The van der Waals surface area contributed by atoms with Crippen LogP contribution in [0.1, 0.15) is 26.7 Å². The number of likely N-dealkylation sites (tertiary alicyclic amines) is 1. The summed E-state index contributed by atoms with van der Waals surface area (Å²) in [7, 11) is 1.62. The van der Waals surface area contributed by atoms with Crippen LogP contribution in [0.25, 0.3) is 0 Å². The summed E-state index contributed by atoms with van der Waals surface area (Å²) in [6.07, 6.45) is 1.27. The van der Waals surface area contributed by atoms with Crippen molar-refractivity contribution in [2.75, 3.05) is 20.3 Å². The summed E-state index contributed by atoms with van der Waals surface area (Å²) in [6.45, 7) is 4.78. The van der Waals surface area contributed by atoms with E-state index in [1.54, 1.807) is 18.9 Å². The van der Waals surface area contributed by atoms with Crippen LogP contribution in [0.15, 0.2) is 0 Å². The number of hydrogen-bond acceptors (Lipinski definition) is 3. The number of carbonyl (C=O) groups excluding carboxylic acids is 1. The number of amides is 2. The fourth-order valence-electron chi connectivity index (χ4n) is 2.22.